The normalized spacial score (nSPS) is 21.4. The molecule has 1 amide bonds. The average molecular weight is 318 g/mol. The number of methoxy groups -OCH3 is 1. The number of rotatable bonds is 5. The maximum atomic E-state index is 11.8. The molecule has 0 aromatic heterocycles. The van der Waals surface area contributed by atoms with Crippen LogP contribution in [-0.4, -0.2) is 21.4 Å². The molecule has 1 fully saturated rings. The van der Waals surface area contributed by atoms with Crippen LogP contribution in [0.3, 0.4) is 0 Å². The molecule has 0 aliphatic heterocycles. The Kier molecular flexibility index (Phi) is 4.25. The molecule has 1 N–H and O–H groups in total. The highest BCUT2D eigenvalue weighted by atomic mass is 35.7. The van der Waals surface area contributed by atoms with E-state index in [1.807, 2.05) is 6.92 Å². The Morgan fingerprint density at radius 3 is 2.65 bits per heavy atom. The molecular weight excluding hydrogens is 302 g/mol. The first-order valence-electron chi connectivity index (χ1n) is 6.22. The lowest BCUT2D eigenvalue weighted by molar-refractivity contribution is -0.122. The van der Waals surface area contributed by atoms with E-state index in [1.54, 1.807) is 0 Å². The van der Waals surface area contributed by atoms with Gasteiger partial charge in [-0.2, -0.15) is 0 Å². The molecule has 1 aromatic carbocycles. The first-order valence-corrected chi connectivity index (χ1v) is 8.53. The quantitative estimate of drug-likeness (QED) is 0.842. The Bertz CT molecular complexity index is 629. The van der Waals surface area contributed by atoms with Gasteiger partial charge in [0.1, 0.15) is 5.75 Å². The number of hydrogen-bond acceptors (Lipinski definition) is 4. The van der Waals surface area contributed by atoms with Crippen molar-refractivity contribution >= 4 is 25.6 Å². The molecule has 0 bridgehead atoms. The largest absolute Gasteiger partial charge is 0.496 e. The van der Waals surface area contributed by atoms with Gasteiger partial charge in [-0.1, -0.05) is 6.92 Å². The summed E-state index contributed by atoms with van der Waals surface area (Å²) in [6, 6.07) is 4.31. The summed E-state index contributed by atoms with van der Waals surface area (Å²) in [4.78, 5) is 11.8. The second kappa shape index (κ2) is 5.61. The number of carbonyl (C=O) groups is 1. The van der Waals surface area contributed by atoms with Crippen molar-refractivity contribution in [1.82, 2.24) is 5.32 Å². The predicted octanol–water partition coefficient (Wildman–Crippen LogP) is 1.89. The van der Waals surface area contributed by atoms with E-state index in [-0.39, 0.29) is 23.3 Å². The van der Waals surface area contributed by atoms with Gasteiger partial charge in [-0.05, 0) is 30.5 Å². The summed E-state index contributed by atoms with van der Waals surface area (Å²) in [5, 5.41) is 2.79. The Balaban J connectivity index is 2.14. The van der Waals surface area contributed by atoms with Gasteiger partial charge < -0.3 is 10.1 Å². The Labute approximate surface area is 122 Å². The zero-order valence-corrected chi connectivity index (χ0v) is 12.8. The molecule has 2 unspecified atom stereocenters. The maximum Gasteiger partial charge on any atom is 0.261 e. The van der Waals surface area contributed by atoms with Gasteiger partial charge in [0.2, 0.25) is 5.91 Å². The van der Waals surface area contributed by atoms with E-state index in [0.717, 1.165) is 6.42 Å². The van der Waals surface area contributed by atoms with E-state index in [4.69, 9.17) is 15.4 Å². The number of amides is 1. The van der Waals surface area contributed by atoms with Crippen LogP contribution in [0.1, 0.15) is 18.9 Å². The number of halogens is 1. The summed E-state index contributed by atoms with van der Waals surface area (Å²) in [5.41, 5.74) is 0.580. The third-order valence-corrected chi connectivity index (χ3v) is 4.78. The highest BCUT2D eigenvalue weighted by molar-refractivity contribution is 8.13. The molecule has 1 aromatic rings. The zero-order chi connectivity index (χ0) is 14.9. The average Bonchev–Trinajstić information content (AvgIpc) is 3.11. The molecule has 0 heterocycles. The van der Waals surface area contributed by atoms with Crippen molar-refractivity contribution in [2.24, 2.45) is 11.8 Å². The first-order chi connectivity index (χ1) is 9.32. The van der Waals surface area contributed by atoms with Crippen molar-refractivity contribution in [2.75, 3.05) is 7.11 Å². The topological polar surface area (TPSA) is 72.5 Å². The lowest BCUT2D eigenvalue weighted by Crippen LogP contribution is -2.25. The molecule has 110 valence electrons. The molecule has 1 saturated carbocycles. The van der Waals surface area contributed by atoms with Crippen molar-refractivity contribution in [3.05, 3.63) is 23.8 Å². The van der Waals surface area contributed by atoms with Crippen LogP contribution >= 0.6 is 10.7 Å². The third kappa shape index (κ3) is 3.43. The smallest absolute Gasteiger partial charge is 0.261 e. The summed E-state index contributed by atoms with van der Waals surface area (Å²) >= 11 is 0. The van der Waals surface area contributed by atoms with Crippen molar-refractivity contribution in [3.63, 3.8) is 0 Å². The number of ether oxygens (including phenoxy) is 1. The Morgan fingerprint density at radius 2 is 2.15 bits per heavy atom. The van der Waals surface area contributed by atoms with Gasteiger partial charge in [-0.25, -0.2) is 8.42 Å². The number of carbonyl (C=O) groups excluding carboxylic acids is 1. The van der Waals surface area contributed by atoms with Crippen LogP contribution in [0.15, 0.2) is 23.1 Å². The molecule has 1 aliphatic rings. The van der Waals surface area contributed by atoms with Gasteiger partial charge in [-0.3, -0.25) is 4.79 Å². The maximum absolute atomic E-state index is 11.8. The highest BCUT2D eigenvalue weighted by Crippen LogP contribution is 2.37. The second-order valence-corrected chi connectivity index (χ2v) is 7.51. The van der Waals surface area contributed by atoms with Gasteiger partial charge in [-0.15, -0.1) is 0 Å². The van der Waals surface area contributed by atoms with Crippen molar-refractivity contribution in [1.29, 1.82) is 0 Å². The van der Waals surface area contributed by atoms with E-state index >= 15 is 0 Å². The van der Waals surface area contributed by atoms with Gasteiger partial charge >= 0.3 is 0 Å². The van der Waals surface area contributed by atoms with Crippen LogP contribution in [0.25, 0.3) is 0 Å². The van der Waals surface area contributed by atoms with E-state index in [2.05, 4.69) is 5.32 Å². The predicted molar refractivity (Wildman–Crippen MR) is 75.2 cm³/mol. The molecular formula is C13H16ClNO4S. The minimum absolute atomic E-state index is 0.0102. The lowest BCUT2D eigenvalue weighted by atomic mass is 10.2. The van der Waals surface area contributed by atoms with Gasteiger partial charge in [0.25, 0.3) is 9.05 Å². The molecule has 0 spiro atoms. The van der Waals surface area contributed by atoms with Crippen LogP contribution in [0.2, 0.25) is 0 Å². The van der Waals surface area contributed by atoms with Crippen LogP contribution in [0, 0.1) is 11.8 Å². The van der Waals surface area contributed by atoms with Crippen LogP contribution in [0.5, 0.6) is 5.75 Å². The van der Waals surface area contributed by atoms with Crippen molar-refractivity contribution < 1.29 is 17.9 Å². The van der Waals surface area contributed by atoms with Crippen molar-refractivity contribution in [2.45, 2.75) is 24.8 Å². The minimum Gasteiger partial charge on any atom is -0.496 e. The molecule has 2 rings (SSSR count). The Morgan fingerprint density at radius 1 is 1.50 bits per heavy atom. The molecule has 5 nitrogen and oxygen atoms in total. The molecule has 0 saturated heterocycles. The van der Waals surface area contributed by atoms with E-state index < -0.39 is 9.05 Å². The van der Waals surface area contributed by atoms with Crippen LogP contribution < -0.4 is 10.1 Å². The lowest BCUT2D eigenvalue weighted by Gasteiger charge is -2.11. The standard InChI is InChI=1S/C13H16ClNO4S/c1-8-5-11(8)13(16)15-7-9-6-10(20(14,17)18)3-4-12(9)19-2/h3-4,6,8,11H,5,7H2,1-2H3,(H,15,16). The number of benzene rings is 1. The zero-order valence-electron chi connectivity index (χ0n) is 11.2. The highest BCUT2D eigenvalue weighted by Gasteiger charge is 2.38. The second-order valence-electron chi connectivity index (χ2n) is 4.95. The third-order valence-electron chi connectivity index (χ3n) is 3.43. The number of nitrogens with one attached hydrogen (secondary N) is 1. The van der Waals surface area contributed by atoms with Crippen LogP contribution in [0.4, 0.5) is 0 Å². The molecule has 20 heavy (non-hydrogen) atoms. The first kappa shape index (κ1) is 15.1. The monoisotopic (exact) mass is 317 g/mol. The summed E-state index contributed by atoms with van der Waals surface area (Å²) < 4.78 is 27.8. The Hall–Kier alpha value is -1.27. The van der Waals surface area contributed by atoms with Gasteiger partial charge in [0.05, 0.1) is 12.0 Å². The van der Waals surface area contributed by atoms with E-state index in [1.165, 1.54) is 25.3 Å². The molecule has 2 atom stereocenters. The van der Waals surface area contributed by atoms with E-state index in [9.17, 15) is 13.2 Å². The minimum atomic E-state index is -3.80. The fourth-order valence-electron chi connectivity index (χ4n) is 2.05. The summed E-state index contributed by atoms with van der Waals surface area (Å²) in [6.07, 6.45) is 0.902. The van der Waals surface area contributed by atoms with Gasteiger partial charge in [0.15, 0.2) is 0 Å². The molecule has 7 heteroatoms. The molecule has 0 radical (unpaired) electrons. The fraction of sp³-hybridized carbons (Fsp3) is 0.462. The summed E-state index contributed by atoms with van der Waals surface area (Å²) in [7, 11) is 3.00. The van der Waals surface area contributed by atoms with Crippen molar-refractivity contribution in [3.8, 4) is 5.75 Å². The molecule has 1 aliphatic carbocycles. The summed E-state index contributed by atoms with van der Waals surface area (Å²) in [6.45, 7) is 2.23. The van der Waals surface area contributed by atoms with Gasteiger partial charge in [0, 0.05) is 28.7 Å². The SMILES string of the molecule is COc1ccc(S(=O)(=O)Cl)cc1CNC(=O)C1CC1C. The van der Waals surface area contributed by atoms with Crippen LogP contribution in [-0.2, 0) is 20.4 Å². The summed E-state index contributed by atoms with van der Waals surface area (Å²) in [5.74, 6) is 0.990. The number of hydrogen-bond donors (Lipinski definition) is 1. The van der Waals surface area contributed by atoms with E-state index in [0.29, 0.717) is 17.2 Å². The fourth-order valence-corrected chi connectivity index (χ4v) is 2.85.